The summed E-state index contributed by atoms with van der Waals surface area (Å²) in [5, 5.41) is 2.61. The van der Waals surface area contributed by atoms with E-state index in [4.69, 9.17) is 9.47 Å². The maximum Gasteiger partial charge on any atom is 0.127 e. The Morgan fingerprint density at radius 1 is 1.08 bits per heavy atom. The number of hydrogen-bond acceptors (Lipinski definition) is 2. The molecule has 0 N–H and O–H groups in total. The molecular formula is C11H14O2. The first kappa shape index (κ1) is 8.57. The van der Waals surface area contributed by atoms with Crippen molar-refractivity contribution in [3.8, 4) is 5.75 Å². The lowest BCUT2D eigenvalue weighted by Gasteiger charge is -2.16. The number of ether oxygens (including phenoxy) is 2. The van der Waals surface area contributed by atoms with E-state index < -0.39 is 0 Å². The summed E-state index contributed by atoms with van der Waals surface area (Å²) in [6.45, 7) is 6.28. The molecule has 0 atom stereocenters. The molecule has 0 unspecified atom stereocenters. The van der Waals surface area contributed by atoms with Gasteiger partial charge >= 0.3 is 0 Å². The molecule has 0 aromatic heterocycles. The van der Waals surface area contributed by atoms with Crippen LogP contribution in [-0.2, 0) is 11.3 Å². The van der Waals surface area contributed by atoms with E-state index in [0.717, 1.165) is 25.6 Å². The van der Waals surface area contributed by atoms with Crippen molar-refractivity contribution >= 4 is 0 Å². The second-order valence-corrected chi connectivity index (χ2v) is 3.08. The molecule has 2 rings (SSSR count). The molecule has 2 heteroatoms. The van der Waals surface area contributed by atoms with Gasteiger partial charge in [-0.15, -0.1) is 0 Å². The van der Waals surface area contributed by atoms with Crippen LogP contribution in [0.4, 0.5) is 0 Å². The Kier molecular flexibility index (Phi) is 2.23. The SMILES string of the molecule is CCOCc1cc2c(OCC)cc1=2. The molecule has 0 saturated carbocycles. The van der Waals surface area contributed by atoms with Gasteiger partial charge in [-0.3, -0.25) is 0 Å². The van der Waals surface area contributed by atoms with Gasteiger partial charge in [-0.2, -0.15) is 0 Å². The summed E-state index contributed by atoms with van der Waals surface area (Å²) in [5.74, 6) is 1.04. The monoisotopic (exact) mass is 178 g/mol. The van der Waals surface area contributed by atoms with Crippen LogP contribution in [0.25, 0.3) is 0 Å². The van der Waals surface area contributed by atoms with Gasteiger partial charge in [-0.25, -0.2) is 0 Å². The maximum absolute atomic E-state index is 5.38. The minimum absolute atomic E-state index is 0.741. The average Bonchev–Trinajstić information content (AvgIpc) is 2.12. The Labute approximate surface area is 77.8 Å². The first-order valence-corrected chi connectivity index (χ1v) is 4.74. The van der Waals surface area contributed by atoms with Gasteiger partial charge in [0.05, 0.1) is 13.2 Å². The molecule has 0 aromatic carbocycles. The van der Waals surface area contributed by atoms with Crippen LogP contribution in [0, 0.1) is 10.4 Å². The van der Waals surface area contributed by atoms with Crippen LogP contribution in [-0.4, -0.2) is 13.2 Å². The summed E-state index contributed by atoms with van der Waals surface area (Å²) in [7, 11) is 0. The van der Waals surface area contributed by atoms with E-state index >= 15 is 0 Å². The van der Waals surface area contributed by atoms with Crippen molar-refractivity contribution in [2.75, 3.05) is 13.2 Å². The fourth-order valence-electron chi connectivity index (χ4n) is 1.54. The molecule has 2 nitrogen and oxygen atoms in total. The third-order valence-corrected chi connectivity index (χ3v) is 2.26. The Balaban J connectivity index is 2.02. The van der Waals surface area contributed by atoms with Crippen molar-refractivity contribution in [2.24, 2.45) is 0 Å². The number of benzene rings is 1. The first-order valence-electron chi connectivity index (χ1n) is 4.74. The quantitative estimate of drug-likeness (QED) is 0.699. The maximum atomic E-state index is 5.38. The van der Waals surface area contributed by atoms with E-state index in [-0.39, 0.29) is 0 Å². The smallest absolute Gasteiger partial charge is 0.127 e. The first-order chi connectivity index (χ1) is 6.36. The van der Waals surface area contributed by atoms with Crippen LogP contribution in [0.5, 0.6) is 5.75 Å². The van der Waals surface area contributed by atoms with Gasteiger partial charge in [0.1, 0.15) is 5.75 Å². The van der Waals surface area contributed by atoms with Crippen molar-refractivity contribution in [3.63, 3.8) is 0 Å². The normalized spacial score (nSPS) is 11.5. The highest BCUT2D eigenvalue weighted by molar-refractivity contribution is 5.44. The average molecular weight is 178 g/mol. The molecule has 2 aliphatic carbocycles. The van der Waals surface area contributed by atoms with Crippen LogP contribution in [0.15, 0.2) is 12.1 Å². The minimum atomic E-state index is 0.741. The van der Waals surface area contributed by atoms with E-state index in [9.17, 15) is 0 Å². The molecule has 2 aliphatic rings. The van der Waals surface area contributed by atoms with Gasteiger partial charge < -0.3 is 9.47 Å². The topological polar surface area (TPSA) is 18.5 Å². The molecule has 13 heavy (non-hydrogen) atoms. The van der Waals surface area contributed by atoms with Crippen molar-refractivity contribution < 1.29 is 9.47 Å². The largest absolute Gasteiger partial charge is 0.493 e. The molecule has 0 radical (unpaired) electrons. The summed E-state index contributed by atoms with van der Waals surface area (Å²) in [6, 6.07) is 4.24. The van der Waals surface area contributed by atoms with Crippen LogP contribution >= 0.6 is 0 Å². The third kappa shape index (κ3) is 1.31. The Hall–Kier alpha value is -1.02. The summed E-state index contributed by atoms with van der Waals surface area (Å²) in [4.78, 5) is 0. The van der Waals surface area contributed by atoms with Gasteiger partial charge in [0.25, 0.3) is 0 Å². The van der Waals surface area contributed by atoms with Gasteiger partial charge in [0.15, 0.2) is 0 Å². The van der Waals surface area contributed by atoms with E-state index in [1.807, 2.05) is 13.8 Å². The lowest BCUT2D eigenvalue weighted by molar-refractivity contribution is 0.132. The Bertz CT molecular complexity index is 395. The summed E-state index contributed by atoms with van der Waals surface area (Å²) >= 11 is 0. The molecule has 0 fully saturated rings. The minimum Gasteiger partial charge on any atom is -0.493 e. The molecule has 0 aromatic rings. The molecule has 0 amide bonds. The van der Waals surface area contributed by atoms with Crippen LogP contribution in [0.3, 0.4) is 0 Å². The number of rotatable bonds is 5. The highest BCUT2D eigenvalue weighted by Gasteiger charge is 2.12. The van der Waals surface area contributed by atoms with E-state index in [0.29, 0.717) is 0 Å². The third-order valence-electron chi connectivity index (χ3n) is 2.26. The lowest BCUT2D eigenvalue weighted by Crippen LogP contribution is -2.05. The summed E-state index contributed by atoms with van der Waals surface area (Å²) in [5.41, 5.74) is 1.31. The molecule has 0 heterocycles. The summed E-state index contributed by atoms with van der Waals surface area (Å²) in [6.07, 6.45) is 0. The summed E-state index contributed by atoms with van der Waals surface area (Å²) < 4.78 is 10.7. The highest BCUT2D eigenvalue weighted by atomic mass is 16.5. The van der Waals surface area contributed by atoms with Gasteiger partial charge in [0, 0.05) is 11.8 Å². The second-order valence-electron chi connectivity index (χ2n) is 3.08. The molecule has 0 aliphatic heterocycles. The van der Waals surface area contributed by atoms with Crippen molar-refractivity contribution in [3.05, 3.63) is 28.1 Å². The van der Waals surface area contributed by atoms with Crippen molar-refractivity contribution in [1.82, 2.24) is 0 Å². The zero-order valence-electron chi connectivity index (χ0n) is 8.09. The lowest BCUT2D eigenvalue weighted by atomic mass is 9.98. The second kappa shape index (κ2) is 3.38. The predicted octanol–water partition coefficient (Wildman–Crippen LogP) is 2.22. The van der Waals surface area contributed by atoms with E-state index in [1.165, 1.54) is 16.0 Å². The predicted molar refractivity (Wildman–Crippen MR) is 50.6 cm³/mol. The van der Waals surface area contributed by atoms with Crippen molar-refractivity contribution in [1.29, 1.82) is 0 Å². The van der Waals surface area contributed by atoms with Gasteiger partial charge in [-0.1, -0.05) is 0 Å². The fourth-order valence-corrected chi connectivity index (χ4v) is 1.54. The van der Waals surface area contributed by atoms with Gasteiger partial charge in [-0.05, 0) is 36.8 Å². The zero-order valence-corrected chi connectivity index (χ0v) is 8.09. The fraction of sp³-hybridized carbons (Fsp3) is 0.455. The zero-order chi connectivity index (χ0) is 9.26. The van der Waals surface area contributed by atoms with Crippen LogP contribution in [0.2, 0.25) is 0 Å². The van der Waals surface area contributed by atoms with Crippen molar-refractivity contribution in [2.45, 2.75) is 20.5 Å². The van der Waals surface area contributed by atoms with E-state index in [1.54, 1.807) is 0 Å². The van der Waals surface area contributed by atoms with Crippen LogP contribution < -0.4 is 4.74 Å². The molecule has 0 spiro atoms. The highest BCUT2D eigenvalue weighted by Crippen LogP contribution is 2.28. The van der Waals surface area contributed by atoms with Crippen LogP contribution in [0.1, 0.15) is 19.4 Å². The number of hydrogen-bond donors (Lipinski definition) is 0. The molecular weight excluding hydrogens is 164 g/mol. The Morgan fingerprint density at radius 3 is 2.46 bits per heavy atom. The molecule has 0 bridgehead atoms. The van der Waals surface area contributed by atoms with E-state index in [2.05, 4.69) is 12.1 Å². The standard InChI is InChI=1S/C11H14O2/c1-3-12-7-8-5-10-9(8)6-11(10)13-4-2/h5-6H,3-4,7H2,1-2H3. The molecule has 0 saturated heterocycles. The molecule has 70 valence electrons. The Morgan fingerprint density at radius 2 is 1.92 bits per heavy atom. The van der Waals surface area contributed by atoms with Gasteiger partial charge in [0.2, 0.25) is 0 Å².